The van der Waals surface area contributed by atoms with Gasteiger partial charge in [-0.3, -0.25) is 0 Å². The molecule has 0 bridgehead atoms. The molecule has 0 saturated heterocycles. The van der Waals surface area contributed by atoms with Gasteiger partial charge in [-0.15, -0.1) is 16.4 Å². The van der Waals surface area contributed by atoms with Crippen molar-refractivity contribution < 1.29 is 0 Å². The first kappa shape index (κ1) is 14.9. The average Bonchev–Trinajstić information content (AvgIpc) is 2.37. The van der Waals surface area contributed by atoms with E-state index in [9.17, 15) is 0 Å². The Hall–Kier alpha value is -0.465. The SMILES string of the molecule is [B]c1c([B])c([B])c(-c2ccc(Br)cc2Cl)c([B])c1[B]. The third-order valence-electron chi connectivity index (χ3n) is 2.90. The lowest BCUT2D eigenvalue weighted by molar-refractivity contribution is 1.64. The van der Waals surface area contributed by atoms with Crippen LogP contribution >= 0.6 is 27.5 Å². The Morgan fingerprint density at radius 2 is 1.26 bits per heavy atom. The van der Waals surface area contributed by atoms with Crippen LogP contribution in [0.4, 0.5) is 0 Å². The highest BCUT2D eigenvalue weighted by molar-refractivity contribution is 9.10. The minimum absolute atomic E-state index is 0.187. The molecule has 2 aromatic rings. The van der Waals surface area contributed by atoms with E-state index in [-0.39, 0.29) is 27.3 Å². The summed E-state index contributed by atoms with van der Waals surface area (Å²) in [6.45, 7) is 0. The molecule has 0 atom stereocenters. The van der Waals surface area contributed by atoms with Crippen molar-refractivity contribution in [3.63, 3.8) is 0 Å². The van der Waals surface area contributed by atoms with Crippen molar-refractivity contribution in [3.05, 3.63) is 27.7 Å². The topological polar surface area (TPSA) is 0 Å². The first-order valence-electron chi connectivity index (χ1n) is 5.31. The predicted octanol–water partition coefficient (Wildman–Crippen LogP) is -1.26. The van der Waals surface area contributed by atoms with Crippen molar-refractivity contribution in [2.24, 2.45) is 0 Å². The van der Waals surface area contributed by atoms with Gasteiger partial charge in [0.05, 0.1) is 0 Å². The summed E-state index contributed by atoms with van der Waals surface area (Å²) in [5.41, 5.74) is 2.30. The van der Waals surface area contributed by atoms with E-state index >= 15 is 0 Å². The van der Waals surface area contributed by atoms with Crippen LogP contribution in [0, 0.1) is 0 Å². The summed E-state index contributed by atoms with van der Waals surface area (Å²) in [4.78, 5) is 0. The Kier molecular flexibility index (Phi) is 4.32. The van der Waals surface area contributed by atoms with Gasteiger partial charge in [0.2, 0.25) is 0 Å². The van der Waals surface area contributed by atoms with Crippen LogP contribution in [0.15, 0.2) is 22.7 Å². The van der Waals surface area contributed by atoms with Crippen molar-refractivity contribution in [2.75, 3.05) is 0 Å². The highest BCUT2D eigenvalue weighted by Gasteiger charge is 2.14. The number of halogens is 2. The lowest BCUT2D eigenvalue weighted by Crippen LogP contribution is -2.55. The Bertz CT molecular complexity index is 643. The number of hydrogen-bond donors (Lipinski definition) is 0. The summed E-state index contributed by atoms with van der Waals surface area (Å²) < 4.78 is 0.842. The summed E-state index contributed by atoms with van der Waals surface area (Å²) in [6.07, 6.45) is 0. The molecule has 0 aliphatic heterocycles. The zero-order chi connectivity index (χ0) is 14.3. The minimum atomic E-state index is 0.187. The van der Waals surface area contributed by atoms with Gasteiger partial charge < -0.3 is 0 Å². The molecule has 0 unspecified atom stereocenters. The maximum absolute atomic E-state index is 6.20. The molecular weight excluding hydrogens is 314 g/mol. The lowest BCUT2D eigenvalue weighted by atomic mass is 9.59. The van der Waals surface area contributed by atoms with E-state index in [4.69, 9.17) is 50.8 Å². The van der Waals surface area contributed by atoms with Gasteiger partial charge in [0.25, 0.3) is 0 Å². The Balaban J connectivity index is 2.83. The van der Waals surface area contributed by atoms with E-state index in [1.54, 1.807) is 12.1 Å². The maximum Gasteiger partial charge on any atom is 0.113 e. The molecule has 0 saturated carbocycles. The number of hydrogen-bond acceptors (Lipinski definition) is 0. The van der Waals surface area contributed by atoms with Gasteiger partial charge in [-0.2, -0.15) is 0 Å². The van der Waals surface area contributed by atoms with Crippen molar-refractivity contribution in [1.82, 2.24) is 0 Å². The molecule has 0 nitrogen and oxygen atoms in total. The second-order valence-corrected chi connectivity index (χ2v) is 5.39. The average molecular weight is 317 g/mol. The van der Waals surface area contributed by atoms with Crippen LogP contribution in [0.25, 0.3) is 11.1 Å². The monoisotopic (exact) mass is 316 g/mol. The quantitative estimate of drug-likeness (QED) is 0.576. The molecular formula is C12H3B5BrCl. The molecule has 0 heterocycles. The van der Waals surface area contributed by atoms with Gasteiger partial charge in [0.1, 0.15) is 39.2 Å². The molecule has 19 heavy (non-hydrogen) atoms. The van der Waals surface area contributed by atoms with Crippen molar-refractivity contribution in [2.45, 2.75) is 0 Å². The van der Waals surface area contributed by atoms with Crippen LogP contribution in [0.5, 0.6) is 0 Å². The standard InChI is InChI=1S/C12H3B5BrCl/c13-8-7(5-2-1-4(18)3-6(5)19)9(14)11(16)12(17)10(8)15/h1-3H. The number of benzene rings is 2. The van der Waals surface area contributed by atoms with E-state index in [2.05, 4.69) is 15.9 Å². The molecule has 0 fully saturated rings. The Morgan fingerprint density at radius 1 is 0.789 bits per heavy atom. The summed E-state index contributed by atoms with van der Waals surface area (Å²) in [5, 5.41) is 0.483. The summed E-state index contributed by atoms with van der Waals surface area (Å²) in [5.74, 6) is 0. The molecule has 2 rings (SSSR count). The molecule has 0 aromatic heterocycles. The second-order valence-electron chi connectivity index (χ2n) is 4.07. The van der Waals surface area contributed by atoms with Gasteiger partial charge >= 0.3 is 0 Å². The zero-order valence-corrected chi connectivity index (χ0v) is 12.2. The fraction of sp³-hybridized carbons (Fsp3) is 0. The molecule has 0 aliphatic rings. The van der Waals surface area contributed by atoms with E-state index in [0.29, 0.717) is 16.1 Å². The smallest absolute Gasteiger partial charge is 0.112 e. The van der Waals surface area contributed by atoms with Crippen molar-refractivity contribution in [3.8, 4) is 11.1 Å². The van der Waals surface area contributed by atoms with Gasteiger partial charge in [-0.25, -0.2) is 0 Å². The summed E-state index contributed by atoms with van der Waals surface area (Å²) in [7, 11) is 29.4. The molecule has 2 aromatic carbocycles. The van der Waals surface area contributed by atoms with Crippen LogP contribution in [0.2, 0.25) is 5.02 Å². The first-order valence-corrected chi connectivity index (χ1v) is 6.48. The van der Waals surface area contributed by atoms with Crippen LogP contribution in [-0.4, -0.2) is 39.2 Å². The summed E-state index contributed by atoms with van der Waals surface area (Å²) in [6, 6.07) is 5.34. The lowest BCUT2D eigenvalue weighted by Gasteiger charge is -2.22. The minimum Gasteiger partial charge on any atom is -0.112 e. The zero-order valence-electron chi connectivity index (χ0n) is 9.87. The molecule has 10 radical (unpaired) electrons. The predicted molar refractivity (Wildman–Crippen MR) is 91.5 cm³/mol. The van der Waals surface area contributed by atoms with E-state index < -0.39 is 0 Å². The fourth-order valence-electron chi connectivity index (χ4n) is 1.83. The van der Waals surface area contributed by atoms with Crippen LogP contribution in [0.1, 0.15) is 0 Å². The molecule has 0 aliphatic carbocycles. The largest absolute Gasteiger partial charge is 0.113 e. The first-order chi connectivity index (χ1) is 8.84. The van der Waals surface area contributed by atoms with E-state index in [1.807, 2.05) is 6.07 Å². The highest BCUT2D eigenvalue weighted by atomic mass is 79.9. The molecule has 0 spiro atoms. The fourth-order valence-corrected chi connectivity index (χ4v) is 2.60. The highest BCUT2D eigenvalue weighted by Crippen LogP contribution is 2.27. The van der Waals surface area contributed by atoms with Crippen LogP contribution in [-0.2, 0) is 0 Å². The van der Waals surface area contributed by atoms with Crippen LogP contribution < -0.4 is 27.3 Å². The van der Waals surface area contributed by atoms with E-state index in [1.165, 1.54) is 0 Å². The Labute approximate surface area is 132 Å². The van der Waals surface area contributed by atoms with Crippen molar-refractivity contribution in [1.29, 1.82) is 0 Å². The van der Waals surface area contributed by atoms with Crippen molar-refractivity contribution >= 4 is 94.1 Å². The Morgan fingerprint density at radius 3 is 1.74 bits per heavy atom. The number of rotatable bonds is 1. The van der Waals surface area contributed by atoms with Crippen LogP contribution in [0.3, 0.4) is 0 Å². The van der Waals surface area contributed by atoms with Gasteiger partial charge in [0, 0.05) is 9.50 Å². The molecule has 7 heteroatoms. The summed E-state index contributed by atoms with van der Waals surface area (Å²) >= 11 is 9.53. The van der Waals surface area contributed by atoms with Gasteiger partial charge in [-0.05, 0) is 23.3 Å². The third-order valence-corrected chi connectivity index (χ3v) is 3.71. The third kappa shape index (κ3) is 2.58. The van der Waals surface area contributed by atoms with Gasteiger partial charge in [-0.1, -0.05) is 44.5 Å². The normalized spacial score (nSPS) is 10.6. The molecule has 0 N–H and O–H groups in total. The second kappa shape index (κ2) is 5.50. The maximum atomic E-state index is 6.20. The molecule has 0 amide bonds. The van der Waals surface area contributed by atoms with E-state index in [0.717, 1.165) is 4.47 Å². The molecule has 80 valence electrons. The van der Waals surface area contributed by atoms with Gasteiger partial charge in [0.15, 0.2) is 0 Å².